The van der Waals surface area contributed by atoms with Crippen LogP contribution in [0.5, 0.6) is 0 Å². The highest BCUT2D eigenvalue weighted by molar-refractivity contribution is 7.92. The Kier molecular flexibility index (Phi) is 5.12. The van der Waals surface area contributed by atoms with E-state index >= 15 is 0 Å². The summed E-state index contributed by atoms with van der Waals surface area (Å²) < 4.78 is 35.7. The lowest BCUT2D eigenvalue weighted by molar-refractivity contribution is 0.0696. The molecule has 20 heavy (non-hydrogen) atoms. The number of hydrogen-bond acceptors (Lipinski definition) is 4. The number of halogens is 1. The molecule has 1 N–H and O–H groups in total. The fourth-order valence-corrected chi connectivity index (χ4v) is 4.74. The quantitative estimate of drug-likeness (QED) is 0.832. The monoisotopic (exact) mass is 336 g/mol. The minimum atomic E-state index is -3.68. The summed E-state index contributed by atoms with van der Waals surface area (Å²) in [5, 5.41) is 8.68. The molecule has 0 aliphatic rings. The molecule has 0 bridgehead atoms. The van der Waals surface area contributed by atoms with Crippen molar-refractivity contribution in [3.63, 3.8) is 0 Å². The Morgan fingerprint density at radius 1 is 1.45 bits per heavy atom. The van der Waals surface area contributed by atoms with Crippen molar-refractivity contribution in [1.29, 1.82) is 0 Å². The highest BCUT2D eigenvalue weighted by Gasteiger charge is 2.25. The Balaban J connectivity index is 3.66. The minimum absolute atomic E-state index is 0.00527. The smallest absolute Gasteiger partial charge is 0.337 e. The first-order chi connectivity index (χ1) is 9.05. The van der Waals surface area contributed by atoms with Gasteiger partial charge in [-0.25, -0.2) is 13.2 Å². The lowest BCUT2D eigenvalue weighted by Crippen LogP contribution is -2.11. The second-order valence-corrected chi connectivity index (χ2v) is 8.03. The number of rotatable bonds is 5. The van der Waals surface area contributed by atoms with Crippen LogP contribution in [0.4, 0.5) is 0 Å². The second kappa shape index (κ2) is 6.07. The predicted octanol–water partition coefficient (Wildman–Crippen LogP) is 2.13. The van der Waals surface area contributed by atoms with Gasteiger partial charge >= 0.3 is 5.97 Å². The van der Waals surface area contributed by atoms with Crippen molar-refractivity contribution in [3.05, 3.63) is 34.9 Å². The van der Waals surface area contributed by atoms with Gasteiger partial charge in [-0.05, 0) is 19.1 Å². The average molecular weight is 337 g/mol. The first kappa shape index (κ1) is 16.9. The summed E-state index contributed by atoms with van der Waals surface area (Å²) in [6.45, 7) is 5.23. The molecule has 0 aliphatic carbocycles. The van der Waals surface area contributed by atoms with Crippen LogP contribution in [0.1, 0.15) is 17.3 Å². The van der Waals surface area contributed by atoms with Crippen LogP contribution in [0.25, 0.3) is 0 Å². The van der Waals surface area contributed by atoms with Gasteiger partial charge in [0.1, 0.15) is 0 Å². The van der Waals surface area contributed by atoms with Crippen molar-refractivity contribution >= 4 is 38.2 Å². The molecule has 1 aromatic rings. The molecule has 1 rings (SSSR count). The maximum absolute atomic E-state index is 12.2. The summed E-state index contributed by atoms with van der Waals surface area (Å²) in [6, 6.07) is 2.19. The number of carboxylic acids is 1. The van der Waals surface area contributed by atoms with E-state index in [1.807, 2.05) is 0 Å². The fourth-order valence-electron chi connectivity index (χ4n) is 1.50. The zero-order valence-electron chi connectivity index (χ0n) is 10.8. The predicted molar refractivity (Wildman–Crippen MR) is 77.6 cm³/mol. The third kappa shape index (κ3) is 3.68. The van der Waals surface area contributed by atoms with Crippen molar-refractivity contribution in [2.45, 2.75) is 16.7 Å². The van der Waals surface area contributed by atoms with Crippen molar-refractivity contribution < 1.29 is 22.5 Å². The van der Waals surface area contributed by atoms with Crippen molar-refractivity contribution in [1.82, 2.24) is 0 Å². The van der Waals surface area contributed by atoms with Crippen LogP contribution >= 0.6 is 11.6 Å². The molecule has 1 atom stereocenters. The molecule has 0 saturated heterocycles. The van der Waals surface area contributed by atoms with E-state index in [1.165, 1.54) is 0 Å². The van der Waals surface area contributed by atoms with Crippen LogP contribution in [-0.4, -0.2) is 35.7 Å². The summed E-state index contributed by atoms with van der Waals surface area (Å²) in [5.41, 5.74) is 0.281. The molecule has 1 aromatic carbocycles. The SMILES string of the molecule is C=C(C)CS(=O)c1c(S(C)(=O)=O)ccc(C(=O)O)c1Cl. The van der Waals surface area contributed by atoms with Gasteiger partial charge in [0.25, 0.3) is 0 Å². The Morgan fingerprint density at radius 3 is 2.40 bits per heavy atom. The average Bonchev–Trinajstić information content (AvgIpc) is 2.25. The van der Waals surface area contributed by atoms with E-state index in [0.717, 1.165) is 18.4 Å². The molecular formula is C12H13ClO5S2. The van der Waals surface area contributed by atoms with E-state index in [1.54, 1.807) is 6.92 Å². The second-order valence-electron chi connectivity index (χ2n) is 4.28. The molecule has 1 unspecified atom stereocenters. The lowest BCUT2D eigenvalue weighted by Gasteiger charge is -2.12. The highest BCUT2D eigenvalue weighted by atomic mass is 35.5. The van der Waals surface area contributed by atoms with E-state index in [-0.39, 0.29) is 26.1 Å². The Bertz CT molecular complexity index is 707. The van der Waals surface area contributed by atoms with Gasteiger partial charge in [0.15, 0.2) is 9.84 Å². The van der Waals surface area contributed by atoms with E-state index in [4.69, 9.17) is 16.7 Å². The zero-order chi connectivity index (χ0) is 15.7. The number of sulfone groups is 1. The molecular weight excluding hydrogens is 324 g/mol. The maximum atomic E-state index is 12.2. The third-order valence-corrected chi connectivity index (χ3v) is 5.70. The van der Waals surface area contributed by atoms with Crippen LogP contribution in [0.2, 0.25) is 5.02 Å². The van der Waals surface area contributed by atoms with Gasteiger partial charge in [0.2, 0.25) is 0 Å². The number of benzene rings is 1. The van der Waals surface area contributed by atoms with Crippen LogP contribution in [0.3, 0.4) is 0 Å². The van der Waals surface area contributed by atoms with Gasteiger partial charge in [0, 0.05) is 12.0 Å². The summed E-state index contributed by atoms with van der Waals surface area (Å²) in [5.74, 6) is -1.31. The van der Waals surface area contributed by atoms with Crippen LogP contribution in [0.15, 0.2) is 34.1 Å². The number of carbonyl (C=O) groups is 1. The summed E-state index contributed by atoms with van der Waals surface area (Å²) in [7, 11) is -5.46. The molecule has 0 aromatic heterocycles. The fraction of sp³-hybridized carbons (Fsp3) is 0.250. The van der Waals surface area contributed by atoms with Crippen molar-refractivity contribution in [2.75, 3.05) is 12.0 Å². The van der Waals surface area contributed by atoms with E-state index in [9.17, 15) is 17.4 Å². The zero-order valence-corrected chi connectivity index (χ0v) is 13.2. The Labute approximate surface area is 124 Å². The minimum Gasteiger partial charge on any atom is -0.478 e. The largest absolute Gasteiger partial charge is 0.478 e. The lowest BCUT2D eigenvalue weighted by atomic mass is 10.2. The molecule has 8 heteroatoms. The molecule has 0 heterocycles. The molecule has 0 fully saturated rings. The molecule has 0 radical (unpaired) electrons. The Hall–Kier alpha value is -1.18. The summed E-state index contributed by atoms with van der Waals surface area (Å²) in [6.07, 6.45) is 0.945. The van der Waals surface area contributed by atoms with Crippen LogP contribution < -0.4 is 0 Å². The normalized spacial score (nSPS) is 12.9. The van der Waals surface area contributed by atoms with Crippen molar-refractivity contribution in [2.24, 2.45) is 0 Å². The summed E-state index contributed by atoms with van der Waals surface area (Å²) in [4.78, 5) is 10.6. The Morgan fingerprint density at radius 2 is 2.00 bits per heavy atom. The van der Waals surface area contributed by atoms with Crippen LogP contribution in [-0.2, 0) is 20.6 Å². The highest BCUT2D eigenvalue weighted by Crippen LogP contribution is 2.31. The van der Waals surface area contributed by atoms with Gasteiger partial charge in [0.05, 0.1) is 31.2 Å². The van der Waals surface area contributed by atoms with E-state index in [0.29, 0.717) is 5.57 Å². The molecule has 0 spiro atoms. The molecule has 5 nitrogen and oxygen atoms in total. The molecule has 110 valence electrons. The van der Waals surface area contributed by atoms with E-state index < -0.39 is 26.6 Å². The van der Waals surface area contributed by atoms with Crippen LogP contribution in [0, 0.1) is 0 Å². The van der Waals surface area contributed by atoms with Gasteiger partial charge in [-0.1, -0.05) is 23.8 Å². The first-order valence-corrected chi connectivity index (χ1v) is 8.93. The summed E-state index contributed by atoms with van der Waals surface area (Å²) >= 11 is 5.93. The van der Waals surface area contributed by atoms with Gasteiger partial charge in [-0.3, -0.25) is 4.21 Å². The third-order valence-electron chi connectivity index (χ3n) is 2.30. The maximum Gasteiger partial charge on any atom is 0.337 e. The number of aromatic carboxylic acids is 1. The van der Waals surface area contributed by atoms with E-state index in [2.05, 4.69) is 6.58 Å². The standard InChI is InChI=1S/C12H13ClO5S2/c1-7(2)6-19(16)11-9(20(3,17)18)5-4-8(10(11)13)12(14)15/h4-5H,1,6H2,2-3H3,(H,14,15). The van der Waals surface area contributed by atoms with Gasteiger partial charge < -0.3 is 5.11 Å². The van der Waals surface area contributed by atoms with Gasteiger partial charge in [-0.2, -0.15) is 0 Å². The van der Waals surface area contributed by atoms with Gasteiger partial charge in [-0.15, -0.1) is 0 Å². The molecule has 0 aliphatic heterocycles. The first-order valence-electron chi connectivity index (χ1n) is 5.34. The van der Waals surface area contributed by atoms with Crippen molar-refractivity contribution in [3.8, 4) is 0 Å². The molecule has 0 amide bonds. The number of carboxylic acid groups (broad SMARTS) is 1. The molecule has 0 saturated carbocycles. The number of hydrogen-bond donors (Lipinski definition) is 1. The topological polar surface area (TPSA) is 88.5 Å².